The summed E-state index contributed by atoms with van der Waals surface area (Å²) in [5.41, 5.74) is 0. The Morgan fingerprint density at radius 3 is 1.37 bits per heavy atom. The van der Waals surface area contributed by atoms with Gasteiger partial charge in [0.2, 0.25) is 11.8 Å². The number of ether oxygens (including phenoxy) is 8. The van der Waals surface area contributed by atoms with Crippen LogP contribution >= 0.6 is 0 Å². The van der Waals surface area contributed by atoms with E-state index in [4.69, 9.17) is 37.9 Å². The number of amides is 2. The minimum Gasteiger partial charge on any atom is -0.379 e. The molecule has 0 saturated heterocycles. The summed E-state index contributed by atoms with van der Waals surface area (Å²) in [6.45, 7) is 14.8. The Hall–Kier alpha value is -1.71. The van der Waals surface area contributed by atoms with E-state index in [1.165, 1.54) is 4.90 Å². The minimum absolute atomic E-state index is 0.106. The first kappa shape index (κ1) is 41.3. The van der Waals surface area contributed by atoms with E-state index in [2.05, 4.69) is 12.2 Å². The zero-order valence-electron chi connectivity index (χ0n) is 27.0. The third-order valence-electron chi connectivity index (χ3n) is 6.06. The lowest BCUT2D eigenvalue weighted by Gasteiger charge is -2.20. The molecule has 0 aromatic rings. The van der Waals surface area contributed by atoms with Crippen molar-refractivity contribution in [1.29, 1.82) is 0 Å². The highest BCUT2D eigenvalue weighted by Gasteiger charge is 2.19. The third kappa shape index (κ3) is 28.8. The SMILES string of the molecule is CCCOCCOCCOCCOCCOCCOCCOCCOCCNC(=O)CCN(C)C(=O)CC(C=O)C(C)C. The smallest absolute Gasteiger partial charge is 0.223 e. The number of aldehydes is 1. The molecule has 0 aliphatic heterocycles. The molecule has 254 valence electrons. The van der Waals surface area contributed by atoms with Gasteiger partial charge in [-0.05, 0) is 12.3 Å². The van der Waals surface area contributed by atoms with Crippen molar-refractivity contribution in [1.82, 2.24) is 10.2 Å². The van der Waals surface area contributed by atoms with Crippen molar-refractivity contribution < 1.29 is 52.3 Å². The minimum atomic E-state index is -0.302. The van der Waals surface area contributed by atoms with Gasteiger partial charge in [-0.2, -0.15) is 0 Å². The van der Waals surface area contributed by atoms with Crippen molar-refractivity contribution in [3.8, 4) is 0 Å². The zero-order chi connectivity index (χ0) is 31.8. The molecule has 0 spiro atoms. The molecule has 13 heteroatoms. The van der Waals surface area contributed by atoms with Crippen LogP contribution in [0.15, 0.2) is 0 Å². The van der Waals surface area contributed by atoms with Crippen LogP contribution in [0.4, 0.5) is 0 Å². The van der Waals surface area contributed by atoms with Gasteiger partial charge < -0.3 is 52.9 Å². The average Bonchev–Trinajstić information content (AvgIpc) is 3.00. The summed E-state index contributed by atoms with van der Waals surface area (Å²) in [5.74, 6) is -0.490. The first-order valence-electron chi connectivity index (χ1n) is 15.5. The summed E-state index contributed by atoms with van der Waals surface area (Å²) in [6, 6.07) is 0. The van der Waals surface area contributed by atoms with Gasteiger partial charge in [0.1, 0.15) is 6.29 Å². The third-order valence-corrected chi connectivity index (χ3v) is 6.06. The van der Waals surface area contributed by atoms with E-state index in [1.807, 2.05) is 13.8 Å². The fourth-order valence-electron chi connectivity index (χ4n) is 3.33. The highest BCUT2D eigenvalue weighted by atomic mass is 16.6. The second-order valence-corrected chi connectivity index (χ2v) is 10.1. The molecule has 0 heterocycles. The molecule has 1 unspecified atom stereocenters. The molecule has 1 N–H and O–H groups in total. The van der Waals surface area contributed by atoms with Gasteiger partial charge in [0, 0.05) is 45.5 Å². The first-order chi connectivity index (χ1) is 20.9. The van der Waals surface area contributed by atoms with Crippen LogP contribution in [0.5, 0.6) is 0 Å². The summed E-state index contributed by atoms with van der Waals surface area (Å²) < 4.78 is 43.4. The molecule has 0 bridgehead atoms. The normalized spacial score (nSPS) is 12.0. The molecular formula is C30H58N2O11. The van der Waals surface area contributed by atoms with Crippen LogP contribution in [-0.2, 0) is 52.3 Å². The van der Waals surface area contributed by atoms with Crippen molar-refractivity contribution in [2.75, 3.05) is 126 Å². The van der Waals surface area contributed by atoms with Crippen LogP contribution in [0.2, 0.25) is 0 Å². The van der Waals surface area contributed by atoms with E-state index in [0.29, 0.717) is 112 Å². The van der Waals surface area contributed by atoms with Gasteiger partial charge in [0.05, 0.1) is 99.1 Å². The van der Waals surface area contributed by atoms with E-state index in [9.17, 15) is 14.4 Å². The Labute approximate surface area is 258 Å². The van der Waals surface area contributed by atoms with E-state index in [1.54, 1.807) is 7.05 Å². The molecule has 43 heavy (non-hydrogen) atoms. The lowest BCUT2D eigenvalue weighted by molar-refractivity contribution is -0.133. The van der Waals surface area contributed by atoms with Crippen LogP contribution < -0.4 is 5.32 Å². The maximum absolute atomic E-state index is 12.2. The van der Waals surface area contributed by atoms with Gasteiger partial charge in [-0.25, -0.2) is 0 Å². The van der Waals surface area contributed by atoms with Gasteiger partial charge in [-0.1, -0.05) is 20.8 Å². The van der Waals surface area contributed by atoms with Gasteiger partial charge in [0.25, 0.3) is 0 Å². The number of hydrogen-bond donors (Lipinski definition) is 1. The molecule has 1 atom stereocenters. The highest BCUT2D eigenvalue weighted by Crippen LogP contribution is 2.13. The molecule has 2 amide bonds. The lowest BCUT2D eigenvalue weighted by atomic mass is 9.93. The summed E-state index contributed by atoms with van der Waals surface area (Å²) in [4.78, 5) is 36.7. The van der Waals surface area contributed by atoms with Gasteiger partial charge in [0.15, 0.2) is 0 Å². The van der Waals surface area contributed by atoms with Gasteiger partial charge >= 0.3 is 0 Å². The van der Waals surface area contributed by atoms with Crippen LogP contribution in [0, 0.1) is 11.8 Å². The molecule has 0 aliphatic rings. The predicted molar refractivity (Wildman–Crippen MR) is 161 cm³/mol. The summed E-state index contributed by atoms with van der Waals surface area (Å²) >= 11 is 0. The highest BCUT2D eigenvalue weighted by molar-refractivity contribution is 5.80. The molecule has 0 rings (SSSR count). The fourth-order valence-corrected chi connectivity index (χ4v) is 3.33. The van der Waals surface area contributed by atoms with Crippen LogP contribution in [0.1, 0.15) is 40.0 Å². The summed E-state index contributed by atoms with van der Waals surface area (Å²) in [7, 11) is 1.64. The molecule has 0 aromatic heterocycles. The molecular weight excluding hydrogens is 564 g/mol. The fraction of sp³-hybridized carbons (Fsp3) is 0.900. The predicted octanol–water partition coefficient (Wildman–Crippen LogP) is 1.36. The molecule has 0 fully saturated rings. The number of carbonyl (C=O) groups is 3. The molecule has 0 aliphatic carbocycles. The van der Waals surface area contributed by atoms with E-state index < -0.39 is 0 Å². The zero-order valence-corrected chi connectivity index (χ0v) is 27.0. The van der Waals surface area contributed by atoms with Gasteiger partial charge in [-0.3, -0.25) is 9.59 Å². The van der Waals surface area contributed by atoms with Crippen LogP contribution in [0.3, 0.4) is 0 Å². The average molecular weight is 623 g/mol. The Balaban J connectivity index is 3.32. The maximum atomic E-state index is 12.2. The maximum Gasteiger partial charge on any atom is 0.223 e. The number of nitrogens with one attached hydrogen (secondary N) is 1. The van der Waals surface area contributed by atoms with Crippen molar-refractivity contribution in [3.63, 3.8) is 0 Å². The molecule has 0 radical (unpaired) electrons. The molecule has 0 saturated carbocycles. The Morgan fingerprint density at radius 2 is 1.02 bits per heavy atom. The second kappa shape index (κ2) is 31.7. The topological polar surface area (TPSA) is 140 Å². The van der Waals surface area contributed by atoms with Crippen molar-refractivity contribution in [2.45, 2.75) is 40.0 Å². The summed E-state index contributed by atoms with van der Waals surface area (Å²) in [6.07, 6.45) is 2.20. The van der Waals surface area contributed by atoms with Crippen molar-refractivity contribution in [3.05, 3.63) is 0 Å². The molecule has 13 nitrogen and oxygen atoms in total. The second-order valence-electron chi connectivity index (χ2n) is 10.1. The van der Waals surface area contributed by atoms with E-state index in [0.717, 1.165) is 19.3 Å². The van der Waals surface area contributed by atoms with Crippen LogP contribution in [0.25, 0.3) is 0 Å². The van der Waals surface area contributed by atoms with Gasteiger partial charge in [-0.15, -0.1) is 0 Å². The van der Waals surface area contributed by atoms with Crippen molar-refractivity contribution >= 4 is 18.1 Å². The number of nitrogens with zero attached hydrogens (tertiary/aromatic N) is 1. The van der Waals surface area contributed by atoms with Crippen LogP contribution in [-0.4, -0.2) is 149 Å². The number of carbonyl (C=O) groups excluding carboxylic acids is 3. The Bertz CT molecular complexity index is 656. The largest absolute Gasteiger partial charge is 0.379 e. The standard InChI is InChI=1S/C30H58N2O11/c1-5-9-36-11-13-38-15-17-40-19-21-42-23-24-43-22-20-41-18-16-39-14-12-37-10-7-31-29(34)6-8-32(4)30(35)25-28(26-33)27(2)3/h26-28H,5-25H2,1-4H3,(H,31,34). The number of rotatable bonds is 33. The Kier molecular flexibility index (Phi) is 30.4. The summed E-state index contributed by atoms with van der Waals surface area (Å²) in [5, 5.41) is 2.76. The molecule has 0 aromatic carbocycles. The Morgan fingerprint density at radius 1 is 0.651 bits per heavy atom. The quantitative estimate of drug-likeness (QED) is 0.0838. The monoisotopic (exact) mass is 622 g/mol. The van der Waals surface area contributed by atoms with E-state index in [-0.39, 0.29) is 36.5 Å². The van der Waals surface area contributed by atoms with E-state index >= 15 is 0 Å². The first-order valence-corrected chi connectivity index (χ1v) is 15.5. The number of hydrogen-bond acceptors (Lipinski definition) is 11. The van der Waals surface area contributed by atoms with Crippen molar-refractivity contribution in [2.24, 2.45) is 11.8 Å². The lowest BCUT2D eigenvalue weighted by Crippen LogP contribution is -2.35.